The van der Waals surface area contributed by atoms with Crippen molar-refractivity contribution in [3.8, 4) is 0 Å². The molecule has 5 rings (SSSR count). The standard InChI is InChI=1S/C40H44N4O5/c45-36(39(48)42-27-31-15-6-2-7-16-31)29-43(28-32-17-8-3-9-18-32)40(49)44(24-12-19-30-13-4-1-5-14-30)37(46)22-23-41-38(47)35-25-33-20-10-11-21-34(33)26-35/h1-11,13-18,20-21,35-36,45H,12,19,22-29H2,(H,41,47)(H,42,48)/t36-/m0/s1. The highest BCUT2D eigenvalue weighted by Crippen LogP contribution is 2.26. The predicted molar refractivity (Wildman–Crippen MR) is 188 cm³/mol. The van der Waals surface area contributed by atoms with E-state index in [-0.39, 0.29) is 51.0 Å². The van der Waals surface area contributed by atoms with E-state index in [0.717, 1.165) is 16.7 Å². The number of carbonyl (C=O) groups excluding carboxylic acids is 4. The molecule has 1 aliphatic rings. The van der Waals surface area contributed by atoms with Crippen LogP contribution in [-0.4, -0.2) is 64.4 Å². The molecule has 0 unspecified atom stereocenters. The average molecular weight is 661 g/mol. The number of nitrogens with zero attached hydrogens (tertiary/aromatic N) is 2. The molecule has 0 aliphatic heterocycles. The number of urea groups is 1. The quantitative estimate of drug-likeness (QED) is 0.171. The van der Waals surface area contributed by atoms with Crippen LogP contribution in [0, 0.1) is 5.92 Å². The van der Waals surface area contributed by atoms with Gasteiger partial charge in [0.25, 0.3) is 5.91 Å². The number of aryl methyl sites for hydroxylation is 1. The lowest BCUT2D eigenvalue weighted by atomic mass is 10.1. The molecule has 9 heteroatoms. The minimum absolute atomic E-state index is 0.0677. The van der Waals surface area contributed by atoms with Crippen LogP contribution in [0.3, 0.4) is 0 Å². The highest BCUT2D eigenvalue weighted by Gasteiger charge is 2.31. The number of nitrogens with one attached hydrogen (secondary N) is 2. The third-order valence-corrected chi connectivity index (χ3v) is 8.77. The first-order valence-electron chi connectivity index (χ1n) is 16.9. The van der Waals surface area contributed by atoms with Gasteiger partial charge in [-0.25, -0.2) is 4.79 Å². The van der Waals surface area contributed by atoms with Crippen molar-refractivity contribution in [3.05, 3.63) is 143 Å². The van der Waals surface area contributed by atoms with Gasteiger partial charge in [0.2, 0.25) is 11.8 Å². The molecule has 9 nitrogen and oxygen atoms in total. The van der Waals surface area contributed by atoms with Crippen molar-refractivity contribution in [2.24, 2.45) is 5.92 Å². The first-order chi connectivity index (χ1) is 23.9. The van der Waals surface area contributed by atoms with Crippen molar-refractivity contribution < 1.29 is 24.3 Å². The topological polar surface area (TPSA) is 119 Å². The molecule has 0 aromatic heterocycles. The Morgan fingerprint density at radius 3 is 1.88 bits per heavy atom. The van der Waals surface area contributed by atoms with E-state index >= 15 is 0 Å². The summed E-state index contributed by atoms with van der Waals surface area (Å²) in [5, 5.41) is 16.6. The van der Waals surface area contributed by atoms with Crippen LogP contribution >= 0.6 is 0 Å². The summed E-state index contributed by atoms with van der Waals surface area (Å²) in [6.45, 7) is 0.238. The Balaban J connectivity index is 1.25. The van der Waals surface area contributed by atoms with Crippen molar-refractivity contribution in [2.75, 3.05) is 19.6 Å². The smallest absolute Gasteiger partial charge is 0.327 e. The largest absolute Gasteiger partial charge is 0.381 e. The summed E-state index contributed by atoms with van der Waals surface area (Å²) in [5.41, 5.74) is 5.08. The Kier molecular flexibility index (Phi) is 12.7. The second-order valence-corrected chi connectivity index (χ2v) is 12.4. The maximum atomic E-state index is 14.2. The van der Waals surface area contributed by atoms with Gasteiger partial charge in [-0.1, -0.05) is 115 Å². The number of amides is 5. The van der Waals surface area contributed by atoms with E-state index in [4.69, 9.17) is 0 Å². The average Bonchev–Trinajstić information content (AvgIpc) is 3.58. The lowest BCUT2D eigenvalue weighted by molar-refractivity contribution is -0.130. The molecular weight excluding hydrogens is 616 g/mol. The number of carbonyl (C=O) groups is 4. The zero-order valence-corrected chi connectivity index (χ0v) is 27.7. The van der Waals surface area contributed by atoms with E-state index in [2.05, 4.69) is 10.6 Å². The van der Waals surface area contributed by atoms with Crippen molar-refractivity contribution >= 4 is 23.8 Å². The summed E-state index contributed by atoms with van der Waals surface area (Å²) in [4.78, 5) is 56.4. The summed E-state index contributed by atoms with van der Waals surface area (Å²) in [7, 11) is 0. The Labute approximate surface area is 287 Å². The van der Waals surface area contributed by atoms with Gasteiger partial charge in [-0.15, -0.1) is 0 Å². The molecule has 0 bridgehead atoms. The molecule has 4 aromatic carbocycles. The molecule has 254 valence electrons. The fraction of sp³-hybridized carbons (Fsp3) is 0.300. The van der Waals surface area contributed by atoms with Crippen LogP contribution in [0.2, 0.25) is 0 Å². The molecule has 0 heterocycles. The Hall–Kier alpha value is -5.28. The third kappa shape index (κ3) is 10.4. The van der Waals surface area contributed by atoms with Gasteiger partial charge >= 0.3 is 6.03 Å². The SMILES string of the molecule is O=C(NCCC(=O)N(CCCc1ccccc1)C(=O)N(Cc1ccccc1)C[C@H](O)C(=O)NCc1ccccc1)C1Cc2ccccc2C1. The molecule has 0 radical (unpaired) electrons. The molecule has 3 N–H and O–H groups in total. The van der Waals surface area contributed by atoms with Crippen LogP contribution in [0.5, 0.6) is 0 Å². The van der Waals surface area contributed by atoms with Crippen molar-refractivity contribution in [1.82, 2.24) is 20.4 Å². The van der Waals surface area contributed by atoms with Gasteiger partial charge in [-0.2, -0.15) is 0 Å². The first kappa shape index (κ1) is 35.0. The monoisotopic (exact) mass is 660 g/mol. The molecular formula is C40H44N4O5. The number of rotatable bonds is 15. The number of aliphatic hydroxyl groups excluding tert-OH is 1. The maximum Gasteiger partial charge on any atom is 0.327 e. The van der Waals surface area contributed by atoms with E-state index in [1.54, 1.807) is 0 Å². The van der Waals surface area contributed by atoms with Crippen molar-refractivity contribution in [1.29, 1.82) is 0 Å². The van der Waals surface area contributed by atoms with Crippen LogP contribution in [0.1, 0.15) is 40.7 Å². The van der Waals surface area contributed by atoms with E-state index in [1.165, 1.54) is 20.9 Å². The first-order valence-corrected chi connectivity index (χ1v) is 16.9. The van der Waals surface area contributed by atoms with Gasteiger partial charge in [0.15, 0.2) is 0 Å². The molecule has 0 fully saturated rings. The molecule has 4 aromatic rings. The highest BCUT2D eigenvalue weighted by molar-refractivity contribution is 5.95. The Bertz CT molecular complexity index is 1660. The van der Waals surface area contributed by atoms with Gasteiger partial charge in [0.05, 0.1) is 6.54 Å². The fourth-order valence-electron chi connectivity index (χ4n) is 6.11. The summed E-state index contributed by atoms with van der Waals surface area (Å²) in [6, 6.07) is 35.8. The minimum Gasteiger partial charge on any atom is -0.381 e. The summed E-state index contributed by atoms with van der Waals surface area (Å²) in [5.74, 6) is -1.35. The number of hydrogen-bond acceptors (Lipinski definition) is 5. The second kappa shape index (κ2) is 17.8. The summed E-state index contributed by atoms with van der Waals surface area (Å²) >= 11 is 0. The van der Waals surface area contributed by atoms with Crippen LogP contribution in [0.4, 0.5) is 4.79 Å². The second-order valence-electron chi connectivity index (χ2n) is 12.4. The zero-order chi connectivity index (χ0) is 34.4. The van der Waals surface area contributed by atoms with Gasteiger partial charge in [-0.3, -0.25) is 19.3 Å². The van der Waals surface area contributed by atoms with Crippen molar-refractivity contribution in [2.45, 2.75) is 51.3 Å². The van der Waals surface area contributed by atoms with E-state index in [0.29, 0.717) is 25.7 Å². The van der Waals surface area contributed by atoms with Crippen molar-refractivity contribution in [3.63, 3.8) is 0 Å². The lowest BCUT2D eigenvalue weighted by Crippen LogP contribution is -2.51. The summed E-state index contributed by atoms with van der Waals surface area (Å²) in [6.07, 6.45) is 0.911. The molecule has 49 heavy (non-hydrogen) atoms. The number of fused-ring (bicyclic) bond motifs is 1. The maximum absolute atomic E-state index is 14.2. The number of benzene rings is 4. The fourth-order valence-corrected chi connectivity index (χ4v) is 6.11. The minimum atomic E-state index is -1.52. The molecule has 5 amide bonds. The highest BCUT2D eigenvalue weighted by atomic mass is 16.3. The van der Waals surface area contributed by atoms with Gasteiger partial charge < -0.3 is 20.6 Å². The van der Waals surface area contributed by atoms with Gasteiger partial charge in [-0.05, 0) is 53.5 Å². The Morgan fingerprint density at radius 2 is 1.27 bits per heavy atom. The van der Waals surface area contributed by atoms with Crippen LogP contribution in [0.15, 0.2) is 115 Å². The third-order valence-electron chi connectivity index (χ3n) is 8.77. The number of imide groups is 1. The van der Waals surface area contributed by atoms with E-state index < -0.39 is 23.9 Å². The zero-order valence-electron chi connectivity index (χ0n) is 27.7. The van der Waals surface area contributed by atoms with Crippen LogP contribution < -0.4 is 10.6 Å². The van der Waals surface area contributed by atoms with Crippen LogP contribution in [-0.2, 0) is 46.7 Å². The number of hydrogen-bond donors (Lipinski definition) is 3. The molecule has 0 saturated heterocycles. The van der Waals surface area contributed by atoms with Crippen LogP contribution in [0.25, 0.3) is 0 Å². The molecule has 0 spiro atoms. The van der Waals surface area contributed by atoms with Gasteiger partial charge in [0, 0.05) is 38.5 Å². The van der Waals surface area contributed by atoms with E-state index in [9.17, 15) is 24.3 Å². The molecule has 1 aliphatic carbocycles. The number of aliphatic hydroxyl groups is 1. The molecule has 1 atom stereocenters. The normalized spacial score (nSPS) is 12.8. The lowest BCUT2D eigenvalue weighted by Gasteiger charge is -2.31. The Morgan fingerprint density at radius 1 is 0.714 bits per heavy atom. The predicted octanol–water partition coefficient (Wildman–Crippen LogP) is 4.67. The molecule has 0 saturated carbocycles. The van der Waals surface area contributed by atoms with Gasteiger partial charge in [0.1, 0.15) is 6.10 Å². The van der Waals surface area contributed by atoms with E-state index in [1.807, 2.05) is 115 Å². The summed E-state index contributed by atoms with van der Waals surface area (Å²) < 4.78 is 0.